The van der Waals surface area contributed by atoms with Crippen molar-refractivity contribution in [2.24, 2.45) is 5.41 Å². The number of nitrogens with zero attached hydrogens (tertiary/aromatic N) is 1. The van der Waals surface area contributed by atoms with E-state index in [1.54, 1.807) is 0 Å². The van der Waals surface area contributed by atoms with Crippen LogP contribution in [-0.2, 0) is 0 Å². The number of nitrogens with one attached hydrogen (secondary N) is 1. The van der Waals surface area contributed by atoms with Crippen LogP contribution in [0, 0.1) is 5.41 Å². The van der Waals surface area contributed by atoms with Crippen LogP contribution in [0.25, 0.3) is 0 Å². The van der Waals surface area contributed by atoms with E-state index in [9.17, 15) is 5.11 Å². The minimum absolute atomic E-state index is 0.0596. The highest BCUT2D eigenvalue weighted by molar-refractivity contribution is 5.02. The zero-order chi connectivity index (χ0) is 13.3. The van der Waals surface area contributed by atoms with Gasteiger partial charge in [-0.25, -0.2) is 0 Å². The van der Waals surface area contributed by atoms with E-state index in [-0.39, 0.29) is 11.5 Å². The quantitative estimate of drug-likeness (QED) is 0.808. The average Bonchev–Trinajstić information content (AvgIpc) is 2.54. The van der Waals surface area contributed by atoms with Crippen LogP contribution in [0.3, 0.4) is 0 Å². The van der Waals surface area contributed by atoms with Crippen LogP contribution >= 0.6 is 0 Å². The molecular weight excluding hydrogens is 224 g/mol. The van der Waals surface area contributed by atoms with Crippen molar-refractivity contribution in [3.05, 3.63) is 0 Å². The van der Waals surface area contributed by atoms with Gasteiger partial charge in [-0.1, -0.05) is 13.8 Å². The SMILES string of the molecule is CC(C)N1CCCC(NC2CC(O)C2(C)C)CC1. The zero-order valence-electron chi connectivity index (χ0n) is 12.4. The Morgan fingerprint density at radius 3 is 2.50 bits per heavy atom. The van der Waals surface area contributed by atoms with E-state index in [1.807, 2.05) is 0 Å². The van der Waals surface area contributed by atoms with Crippen LogP contribution in [0.4, 0.5) is 0 Å². The molecular formula is C15H30N2O. The van der Waals surface area contributed by atoms with Crippen molar-refractivity contribution in [2.45, 2.75) is 77.6 Å². The molecule has 106 valence electrons. The molecule has 0 radical (unpaired) electrons. The summed E-state index contributed by atoms with van der Waals surface area (Å²) in [5, 5.41) is 13.6. The van der Waals surface area contributed by atoms with E-state index in [0.29, 0.717) is 18.1 Å². The summed E-state index contributed by atoms with van der Waals surface area (Å²) in [5.41, 5.74) is 0.0596. The third kappa shape index (κ3) is 2.89. The molecule has 2 N–H and O–H groups in total. The molecule has 2 aliphatic rings. The van der Waals surface area contributed by atoms with Gasteiger partial charge in [0.15, 0.2) is 0 Å². The molecule has 18 heavy (non-hydrogen) atoms. The molecule has 0 aromatic heterocycles. The first-order chi connectivity index (χ1) is 8.41. The Hall–Kier alpha value is -0.120. The first kappa shape index (κ1) is 14.3. The second-order valence-electron chi connectivity index (χ2n) is 7.05. The lowest BCUT2D eigenvalue weighted by atomic mass is 9.64. The Balaban J connectivity index is 1.81. The Labute approximate surface area is 112 Å². The Morgan fingerprint density at radius 2 is 1.94 bits per heavy atom. The van der Waals surface area contributed by atoms with Crippen molar-refractivity contribution in [2.75, 3.05) is 13.1 Å². The van der Waals surface area contributed by atoms with Gasteiger partial charge in [0.25, 0.3) is 0 Å². The van der Waals surface area contributed by atoms with Crippen molar-refractivity contribution in [1.82, 2.24) is 10.2 Å². The molecule has 1 heterocycles. The van der Waals surface area contributed by atoms with Gasteiger partial charge in [0.05, 0.1) is 6.10 Å². The molecule has 3 nitrogen and oxygen atoms in total. The third-order valence-corrected chi connectivity index (χ3v) is 5.15. The predicted molar refractivity (Wildman–Crippen MR) is 75.7 cm³/mol. The fraction of sp³-hybridized carbons (Fsp3) is 1.00. The zero-order valence-corrected chi connectivity index (χ0v) is 12.4. The normalized spacial score (nSPS) is 37.3. The van der Waals surface area contributed by atoms with Crippen LogP contribution in [-0.4, -0.2) is 47.3 Å². The number of likely N-dealkylation sites (tertiary alicyclic amines) is 1. The average molecular weight is 254 g/mol. The van der Waals surface area contributed by atoms with E-state index in [4.69, 9.17) is 0 Å². The molecule has 2 rings (SSSR count). The highest BCUT2D eigenvalue weighted by atomic mass is 16.3. The van der Waals surface area contributed by atoms with Gasteiger partial charge in [0.1, 0.15) is 0 Å². The maximum Gasteiger partial charge on any atom is 0.0621 e. The van der Waals surface area contributed by atoms with Crippen LogP contribution in [0.1, 0.15) is 53.4 Å². The highest BCUT2D eigenvalue weighted by Crippen LogP contribution is 2.41. The summed E-state index contributed by atoms with van der Waals surface area (Å²) in [7, 11) is 0. The van der Waals surface area contributed by atoms with Crippen molar-refractivity contribution in [3.8, 4) is 0 Å². The van der Waals surface area contributed by atoms with Crippen LogP contribution in [0.15, 0.2) is 0 Å². The maximum absolute atomic E-state index is 9.80. The third-order valence-electron chi connectivity index (χ3n) is 5.15. The Bertz CT molecular complexity index is 278. The molecule has 1 saturated carbocycles. The van der Waals surface area contributed by atoms with E-state index >= 15 is 0 Å². The van der Waals surface area contributed by atoms with Gasteiger partial charge >= 0.3 is 0 Å². The molecule has 0 amide bonds. The van der Waals surface area contributed by atoms with Gasteiger partial charge in [0.2, 0.25) is 0 Å². The van der Waals surface area contributed by atoms with Crippen LogP contribution < -0.4 is 5.32 Å². The smallest absolute Gasteiger partial charge is 0.0621 e. The molecule has 3 atom stereocenters. The van der Waals surface area contributed by atoms with Gasteiger partial charge in [-0.3, -0.25) is 0 Å². The standard InChI is InChI=1S/C15H30N2O/c1-11(2)17-8-5-6-12(7-9-17)16-13-10-14(18)15(13,3)4/h11-14,16,18H,5-10H2,1-4H3. The summed E-state index contributed by atoms with van der Waals surface area (Å²) < 4.78 is 0. The van der Waals surface area contributed by atoms with Gasteiger partial charge in [-0.05, 0) is 52.6 Å². The second kappa shape index (κ2) is 5.48. The van der Waals surface area contributed by atoms with Gasteiger partial charge in [-0.15, -0.1) is 0 Å². The molecule has 3 heteroatoms. The van der Waals surface area contributed by atoms with Crippen molar-refractivity contribution < 1.29 is 5.11 Å². The fourth-order valence-corrected chi connectivity index (χ4v) is 3.27. The lowest BCUT2D eigenvalue weighted by Crippen LogP contribution is -2.62. The summed E-state index contributed by atoms with van der Waals surface area (Å²) in [6, 6.07) is 1.82. The minimum Gasteiger partial charge on any atom is -0.392 e. The number of hydrogen-bond donors (Lipinski definition) is 2. The minimum atomic E-state index is -0.118. The molecule has 0 spiro atoms. The van der Waals surface area contributed by atoms with Crippen molar-refractivity contribution >= 4 is 0 Å². The summed E-state index contributed by atoms with van der Waals surface area (Å²) in [6.45, 7) is 11.4. The van der Waals surface area contributed by atoms with E-state index in [2.05, 4.69) is 37.9 Å². The largest absolute Gasteiger partial charge is 0.392 e. The summed E-state index contributed by atoms with van der Waals surface area (Å²) in [6.07, 6.45) is 4.64. The lowest BCUT2D eigenvalue weighted by molar-refractivity contribution is -0.0763. The number of rotatable bonds is 3. The van der Waals surface area contributed by atoms with Gasteiger partial charge < -0.3 is 15.3 Å². The fourth-order valence-electron chi connectivity index (χ4n) is 3.27. The number of aliphatic hydroxyl groups is 1. The maximum atomic E-state index is 9.80. The van der Waals surface area contributed by atoms with Crippen molar-refractivity contribution in [3.63, 3.8) is 0 Å². The van der Waals surface area contributed by atoms with Crippen LogP contribution in [0.2, 0.25) is 0 Å². The first-order valence-electron chi connectivity index (χ1n) is 7.59. The topological polar surface area (TPSA) is 35.5 Å². The molecule has 1 saturated heterocycles. The van der Waals surface area contributed by atoms with E-state index < -0.39 is 0 Å². The second-order valence-corrected chi connectivity index (χ2v) is 7.05. The predicted octanol–water partition coefficient (Wildman–Crippen LogP) is 2.00. The first-order valence-corrected chi connectivity index (χ1v) is 7.59. The van der Waals surface area contributed by atoms with Crippen LogP contribution in [0.5, 0.6) is 0 Å². The highest BCUT2D eigenvalue weighted by Gasteiger charge is 2.47. The van der Waals surface area contributed by atoms with Gasteiger partial charge in [-0.2, -0.15) is 0 Å². The molecule has 0 bridgehead atoms. The molecule has 2 fully saturated rings. The monoisotopic (exact) mass is 254 g/mol. The molecule has 0 aromatic carbocycles. The summed E-state index contributed by atoms with van der Waals surface area (Å²) in [4.78, 5) is 2.59. The van der Waals surface area contributed by atoms with Gasteiger partial charge in [0, 0.05) is 23.5 Å². The molecule has 3 unspecified atom stereocenters. The number of aliphatic hydroxyl groups excluding tert-OH is 1. The van der Waals surface area contributed by atoms with E-state index in [0.717, 1.165) is 6.42 Å². The number of hydrogen-bond acceptors (Lipinski definition) is 3. The summed E-state index contributed by atoms with van der Waals surface area (Å²) >= 11 is 0. The molecule has 0 aromatic rings. The Morgan fingerprint density at radius 1 is 1.22 bits per heavy atom. The van der Waals surface area contributed by atoms with Crippen molar-refractivity contribution in [1.29, 1.82) is 0 Å². The molecule has 1 aliphatic heterocycles. The Kier molecular flexibility index (Phi) is 4.35. The van der Waals surface area contributed by atoms with E-state index in [1.165, 1.54) is 32.4 Å². The molecule has 1 aliphatic carbocycles. The lowest BCUT2D eigenvalue weighted by Gasteiger charge is -2.51. The summed E-state index contributed by atoms with van der Waals surface area (Å²) in [5.74, 6) is 0.